The Labute approximate surface area is 81.8 Å². The molecule has 76 valence electrons. The summed E-state index contributed by atoms with van der Waals surface area (Å²) in [5, 5.41) is 0. The van der Waals surface area contributed by atoms with Crippen molar-refractivity contribution in [1.29, 1.82) is 0 Å². The van der Waals surface area contributed by atoms with Crippen molar-refractivity contribution in [2.75, 3.05) is 20.0 Å². The molecule has 0 aliphatic rings. The number of rotatable bonds is 3. The highest BCUT2D eigenvalue weighted by atomic mass is 16.6. The Morgan fingerprint density at radius 1 is 1.43 bits per heavy atom. The molecule has 0 saturated carbocycles. The molecular weight excluding hydrogens is 184 g/mol. The van der Waals surface area contributed by atoms with Gasteiger partial charge in [-0.15, -0.1) is 0 Å². The van der Waals surface area contributed by atoms with E-state index in [0.717, 1.165) is 0 Å². The van der Waals surface area contributed by atoms with E-state index in [9.17, 15) is 4.79 Å². The van der Waals surface area contributed by atoms with Crippen molar-refractivity contribution in [3.63, 3.8) is 0 Å². The summed E-state index contributed by atoms with van der Waals surface area (Å²) in [6.07, 6.45) is 0. The van der Waals surface area contributed by atoms with Crippen LogP contribution in [-0.4, -0.2) is 20.1 Å². The smallest absolute Gasteiger partial charge is 0.274 e. The number of ether oxygens (including phenoxy) is 1. The van der Waals surface area contributed by atoms with Crippen molar-refractivity contribution in [2.24, 2.45) is 0 Å². The molecule has 0 bridgehead atoms. The topological polar surface area (TPSA) is 73.6 Å². The van der Waals surface area contributed by atoms with Gasteiger partial charge in [0.05, 0.1) is 19.9 Å². The van der Waals surface area contributed by atoms with Gasteiger partial charge in [-0.3, -0.25) is 9.63 Å². The molecule has 3 N–H and O–H groups in total. The Hall–Kier alpha value is -1.75. The van der Waals surface area contributed by atoms with Crippen LogP contribution in [0.4, 0.5) is 5.69 Å². The molecule has 0 aliphatic carbocycles. The first-order valence-electron chi connectivity index (χ1n) is 3.96. The fourth-order valence-electron chi connectivity index (χ4n) is 1.03. The van der Waals surface area contributed by atoms with Crippen LogP contribution in [-0.2, 0) is 4.84 Å². The molecule has 0 saturated heterocycles. The van der Waals surface area contributed by atoms with Crippen LogP contribution >= 0.6 is 0 Å². The Balaban J connectivity index is 2.91. The van der Waals surface area contributed by atoms with Gasteiger partial charge in [-0.05, 0) is 18.2 Å². The summed E-state index contributed by atoms with van der Waals surface area (Å²) >= 11 is 0. The van der Waals surface area contributed by atoms with Crippen LogP contribution in [0.5, 0.6) is 5.75 Å². The predicted molar refractivity (Wildman–Crippen MR) is 51.9 cm³/mol. The number of carbonyl (C=O) groups is 1. The van der Waals surface area contributed by atoms with Crippen LogP contribution < -0.4 is 16.0 Å². The molecule has 0 heterocycles. The number of amides is 1. The number of carbonyl (C=O) groups excluding carboxylic acids is 1. The Morgan fingerprint density at radius 3 is 2.64 bits per heavy atom. The normalized spacial score (nSPS) is 9.57. The van der Waals surface area contributed by atoms with Crippen molar-refractivity contribution in [1.82, 2.24) is 5.48 Å². The van der Waals surface area contributed by atoms with Crippen LogP contribution in [0, 0.1) is 0 Å². The van der Waals surface area contributed by atoms with Crippen molar-refractivity contribution in [2.45, 2.75) is 0 Å². The number of hydrogen-bond donors (Lipinski definition) is 2. The number of nitrogens with two attached hydrogens (primary N) is 1. The zero-order valence-electron chi connectivity index (χ0n) is 8.03. The predicted octanol–water partition coefficient (Wildman–Crippen LogP) is 0.569. The second-order valence-corrected chi connectivity index (χ2v) is 2.59. The van der Waals surface area contributed by atoms with E-state index in [-0.39, 0.29) is 5.91 Å². The van der Waals surface area contributed by atoms with Crippen LogP contribution in [0.3, 0.4) is 0 Å². The quantitative estimate of drug-likeness (QED) is 0.547. The molecule has 5 heteroatoms. The number of nitrogens with one attached hydrogen (secondary N) is 1. The third-order valence-corrected chi connectivity index (χ3v) is 1.69. The van der Waals surface area contributed by atoms with Gasteiger partial charge in [0.1, 0.15) is 5.75 Å². The molecule has 0 spiro atoms. The molecule has 0 aromatic heterocycles. The second kappa shape index (κ2) is 4.48. The van der Waals surface area contributed by atoms with E-state index in [2.05, 4.69) is 10.3 Å². The van der Waals surface area contributed by atoms with Gasteiger partial charge in [-0.1, -0.05) is 0 Å². The van der Waals surface area contributed by atoms with Gasteiger partial charge in [0, 0.05) is 5.56 Å². The molecule has 1 rings (SSSR count). The minimum atomic E-state index is -0.346. The van der Waals surface area contributed by atoms with Crippen LogP contribution in [0.1, 0.15) is 10.4 Å². The van der Waals surface area contributed by atoms with E-state index in [4.69, 9.17) is 10.5 Å². The molecule has 0 radical (unpaired) electrons. The van der Waals surface area contributed by atoms with E-state index in [1.165, 1.54) is 20.3 Å². The number of hydrogen-bond acceptors (Lipinski definition) is 4. The lowest BCUT2D eigenvalue weighted by molar-refractivity contribution is 0.0537. The lowest BCUT2D eigenvalue weighted by atomic mass is 10.2. The number of benzene rings is 1. The van der Waals surface area contributed by atoms with Crippen molar-refractivity contribution < 1.29 is 14.4 Å². The number of nitrogen functional groups attached to an aromatic ring is 1. The number of hydroxylamine groups is 1. The van der Waals surface area contributed by atoms with E-state index in [1.807, 2.05) is 0 Å². The van der Waals surface area contributed by atoms with Crippen LogP contribution in [0.15, 0.2) is 18.2 Å². The summed E-state index contributed by atoms with van der Waals surface area (Å²) < 4.78 is 4.95. The van der Waals surface area contributed by atoms with E-state index in [1.54, 1.807) is 12.1 Å². The van der Waals surface area contributed by atoms with Crippen molar-refractivity contribution in [3.05, 3.63) is 23.8 Å². The number of methoxy groups -OCH3 is 1. The summed E-state index contributed by atoms with van der Waals surface area (Å²) in [5.41, 5.74) is 8.65. The molecule has 5 nitrogen and oxygen atoms in total. The van der Waals surface area contributed by atoms with Crippen LogP contribution in [0.2, 0.25) is 0 Å². The zero-order valence-corrected chi connectivity index (χ0v) is 8.03. The van der Waals surface area contributed by atoms with Gasteiger partial charge in [0.25, 0.3) is 5.91 Å². The number of anilines is 1. The lowest BCUT2D eigenvalue weighted by Gasteiger charge is -2.06. The summed E-state index contributed by atoms with van der Waals surface area (Å²) in [6.45, 7) is 0. The fraction of sp³-hybridized carbons (Fsp3) is 0.222. The molecular formula is C9H12N2O3. The maximum atomic E-state index is 11.3. The minimum absolute atomic E-state index is 0.346. The van der Waals surface area contributed by atoms with E-state index >= 15 is 0 Å². The highest BCUT2D eigenvalue weighted by Gasteiger charge is 2.07. The van der Waals surface area contributed by atoms with Gasteiger partial charge < -0.3 is 10.5 Å². The molecule has 0 atom stereocenters. The lowest BCUT2D eigenvalue weighted by Crippen LogP contribution is -2.21. The summed E-state index contributed by atoms with van der Waals surface area (Å²) in [7, 11) is 2.88. The standard InChI is InChI=1S/C9H12N2O3/c1-13-8-4-3-6(5-7(8)10)9(12)11-14-2/h3-5H,10H2,1-2H3,(H,11,12). The van der Waals surface area contributed by atoms with Gasteiger partial charge >= 0.3 is 0 Å². The van der Waals surface area contributed by atoms with Gasteiger partial charge in [0.2, 0.25) is 0 Å². The molecule has 1 aromatic rings. The molecule has 0 fully saturated rings. The first kappa shape index (κ1) is 10.3. The molecule has 0 unspecified atom stereocenters. The SMILES string of the molecule is CONC(=O)c1ccc(OC)c(N)c1. The third kappa shape index (κ3) is 2.14. The highest BCUT2D eigenvalue weighted by Crippen LogP contribution is 2.21. The first-order valence-corrected chi connectivity index (χ1v) is 3.96. The van der Waals surface area contributed by atoms with Gasteiger partial charge in [-0.25, -0.2) is 5.48 Å². The maximum absolute atomic E-state index is 11.3. The summed E-state index contributed by atoms with van der Waals surface area (Å²) in [5.74, 6) is 0.195. The summed E-state index contributed by atoms with van der Waals surface area (Å²) in [6, 6.07) is 4.75. The Bertz CT molecular complexity index is 339. The average molecular weight is 196 g/mol. The minimum Gasteiger partial charge on any atom is -0.495 e. The van der Waals surface area contributed by atoms with E-state index in [0.29, 0.717) is 17.0 Å². The molecule has 14 heavy (non-hydrogen) atoms. The summed E-state index contributed by atoms with van der Waals surface area (Å²) in [4.78, 5) is 15.7. The average Bonchev–Trinajstić information content (AvgIpc) is 2.18. The third-order valence-electron chi connectivity index (χ3n) is 1.69. The highest BCUT2D eigenvalue weighted by molar-refractivity contribution is 5.94. The largest absolute Gasteiger partial charge is 0.495 e. The second-order valence-electron chi connectivity index (χ2n) is 2.59. The fourth-order valence-corrected chi connectivity index (χ4v) is 1.03. The van der Waals surface area contributed by atoms with Crippen molar-refractivity contribution >= 4 is 11.6 Å². The first-order chi connectivity index (χ1) is 6.69. The molecule has 1 aromatic carbocycles. The van der Waals surface area contributed by atoms with Gasteiger partial charge in [-0.2, -0.15) is 0 Å². The van der Waals surface area contributed by atoms with Crippen LogP contribution in [0.25, 0.3) is 0 Å². The van der Waals surface area contributed by atoms with E-state index < -0.39 is 0 Å². The molecule has 0 aliphatic heterocycles. The Morgan fingerprint density at radius 2 is 2.14 bits per heavy atom. The Kier molecular flexibility index (Phi) is 3.30. The molecule has 1 amide bonds. The van der Waals surface area contributed by atoms with Gasteiger partial charge in [0.15, 0.2) is 0 Å². The zero-order chi connectivity index (χ0) is 10.6. The monoisotopic (exact) mass is 196 g/mol. The maximum Gasteiger partial charge on any atom is 0.274 e. The van der Waals surface area contributed by atoms with Crippen molar-refractivity contribution in [3.8, 4) is 5.75 Å².